The van der Waals surface area contributed by atoms with E-state index >= 15 is 0 Å². The first-order valence-corrected chi connectivity index (χ1v) is 3.89. The summed E-state index contributed by atoms with van der Waals surface area (Å²) >= 11 is 0. The smallest absolute Gasteiger partial charge is 0.0116 e. The number of fused-ring (bicyclic) bond motifs is 2. The topological polar surface area (TPSA) is 0 Å². The Balaban J connectivity index is 2.32. The molecular formula is C9H14. The Hall–Kier alpha value is -0.260. The van der Waals surface area contributed by atoms with Crippen molar-refractivity contribution in [3.05, 3.63) is 12.2 Å². The van der Waals surface area contributed by atoms with Crippen molar-refractivity contribution in [1.29, 1.82) is 0 Å². The Bertz CT molecular complexity index is 157. The molecule has 0 aromatic heterocycles. The van der Waals surface area contributed by atoms with E-state index in [-0.39, 0.29) is 0 Å². The molecule has 0 aliphatic heterocycles. The van der Waals surface area contributed by atoms with E-state index < -0.39 is 0 Å². The standard InChI is InChI=1S/C9H14/c1-7-5-8-3-4-9(7,2)6-8/h8H,1,3-6H2,2H3. The molecule has 2 atom stereocenters. The average Bonchev–Trinajstić information content (AvgIpc) is 2.22. The first kappa shape index (κ1) is 5.52. The summed E-state index contributed by atoms with van der Waals surface area (Å²) in [6.45, 7) is 6.49. The van der Waals surface area contributed by atoms with Crippen LogP contribution >= 0.6 is 0 Å². The van der Waals surface area contributed by atoms with Gasteiger partial charge in [-0.3, -0.25) is 0 Å². The molecule has 2 fully saturated rings. The van der Waals surface area contributed by atoms with E-state index in [0.29, 0.717) is 5.41 Å². The molecule has 0 aromatic carbocycles. The largest absolute Gasteiger partial charge is 0.0993 e. The molecule has 2 aliphatic carbocycles. The molecule has 9 heavy (non-hydrogen) atoms. The summed E-state index contributed by atoms with van der Waals surface area (Å²) in [7, 11) is 0. The van der Waals surface area contributed by atoms with Gasteiger partial charge in [-0.1, -0.05) is 19.1 Å². The Morgan fingerprint density at radius 2 is 2.44 bits per heavy atom. The van der Waals surface area contributed by atoms with Gasteiger partial charge in [0.25, 0.3) is 0 Å². The van der Waals surface area contributed by atoms with Crippen molar-refractivity contribution < 1.29 is 0 Å². The van der Waals surface area contributed by atoms with Crippen LogP contribution in [0.15, 0.2) is 12.2 Å². The van der Waals surface area contributed by atoms with E-state index in [0.717, 1.165) is 5.92 Å². The number of hydrogen-bond donors (Lipinski definition) is 0. The predicted molar refractivity (Wildman–Crippen MR) is 39.2 cm³/mol. The molecule has 2 aliphatic rings. The zero-order valence-electron chi connectivity index (χ0n) is 6.11. The maximum Gasteiger partial charge on any atom is -0.0116 e. The highest BCUT2D eigenvalue weighted by atomic mass is 14.5. The lowest BCUT2D eigenvalue weighted by molar-refractivity contribution is 0.430. The fourth-order valence-corrected chi connectivity index (χ4v) is 2.45. The first-order valence-electron chi connectivity index (χ1n) is 3.89. The summed E-state index contributed by atoms with van der Waals surface area (Å²) in [6, 6.07) is 0. The zero-order valence-corrected chi connectivity index (χ0v) is 6.11. The van der Waals surface area contributed by atoms with Gasteiger partial charge in [-0.2, -0.15) is 0 Å². The summed E-state index contributed by atoms with van der Waals surface area (Å²) in [5.41, 5.74) is 2.10. The molecule has 0 heterocycles. The Labute approximate surface area is 57.0 Å². The molecule has 0 N–H and O–H groups in total. The van der Waals surface area contributed by atoms with Crippen LogP contribution in [0.1, 0.15) is 32.6 Å². The van der Waals surface area contributed by atoms with E-state index in [9.17, 15) is 0 Å². The van der Waals surface area contributed by atoms with Gasteiger partial charge in [-0.05, 0) is 37.0 Å². The summed E-state index contributed by atoms with van der Waals surface area (Å²) in [5.74, 6) is 1.02. The van der Waals surface area contributed by atoms with Crippen LogP contribution in [0.5, 0.6) is 0 Å². The van der Waals surface area contributed by atoms with Gasteiger partial charge >= 0.3 is 0 Å². The van der Waals surface area contributed by atoms with Gasteiger partial charge in [0.2, 0.25) is 0 Å². The second kappa shape index (κ2) is 1.42. The van der Waals surface area contributed by atoms with Crippen LogP contribution in [0, 0.1) is 11.3 Å². The minimum Gasteiger partial charge on any atom is -0.0993 e. The van der Waals surface area contributed by atoms with Crippen molar-refractivity contribution >= 4 is 0 Å². The molecule has 0 amide bonds. The molecular weight excluding hydrogens is 108 g/mol. The summed E-state index contributed by atoms with van der Waals surface area (Å²) < 4.78 is 0. The Kier molecular flexibility index (Phi) is 0.870. The molecule has 2 unspecified atom stereocenters. The van der Waals surface area contributed by atoms with Gasteiger partial charge in [0, 0.05) is 0 Å². The van der Waals surface area contributed by atoms with Gasteiger partial charge in [-0.15, -0.1) is 0 Å². The summed E-state index contributed by atoms with van der Waals surface area (Å²) in [5, 5.41) is 0. The van der Waals surface area contributed by atoms with E-state index in [1.807, 2.05) is 0 Å². The van der Waals surface area contributed by atoms with E-state index in [2.05, 4.69) is 13.5 Å². The molecule has 0 aromatic rings. The summed E-state index contributed by atoms with van der Waals surface area (Å²) in [4.78, 5) is 0. The number of allylic oxidation sites excluding steroid dienone is 1. The van der Waals surface area contributed by atoms with Crippen LogP contribution in [0.3, 0.4) is 0 Å². The van der Waals surface area contributed by atoms with Crippen LogP contribution in [0.25, 0.3) is 0 Å². The van der Waals surface area contributed by atoms with E-state index in [1.54, 1.807) is 0 Å². The van der Waals surface area contributed by atoms with Gasteiger partial charge in [-0.25, -0.2) is 0 Å². The molecule has 0 radical (unpaired) electrons. The van der Waals surface area contributed by atoms with Crippen molar-refractivity contribution in [2.24, 2.45) is 11.3 Å². The lowest BCUT2D eigenvalue weighted by atomic mass is 9.83. The summed E-state index contributed by atoms with van der Waals surface area (Å²) in [6.07, 6.45) is 5.65. The normalized spacial score (nSPS) is 48.6. The third kappa shape index (κ3) is 0.593. The highest BCUT2D eigenvalue weighted by molar-refractivity contribution is 5.19. The molecule has 2 bridgehead atoms. The molecule has 0 spiro atoms. The van der Waals surface area contributed by atoms with Gasteiger partial charge in [0.05, 0.1) is 0 Å². The molecule has 2 rings (SSSR count). The van der Waals surface area contributed by atoms with Crippen LogP contribution in [0.2, 0.25) is 0 Å². The highest BCUT2D eigenvalue weighted by Crippen LogP contribution is 2.56. The molecule has 50 valence electrons. The van der Waals surface area contributed by atoms with Crippen LogP contribution in [-0.2, 0) is 0 Å². The Morgan fingerprint density at radius 1 is 1.67 bits per heavy atom. The molecule has 0 saturated heterocycles. The van der Waals surface area contributed by atoms with Gasteiger partial charge < -0.3 is 0 Å². The fourth-order valence-electron chi connectivity index (χ4n) is 2.45. The van der Waals surface area contributed by atoms with Crippen LogP contribution in [0.4, 0.5) is 0 Å². The van der Waals surface area contributed by atoms with Crippen LogP contribution in [-0.4, -0.2) is 0 Å². The minimum absolute atomic E-state index is 0.574. The van der Waals surface area contributed by atoms with Gasteiger partial charge in [0.15, 0.2) is 0 Å². The predicted octanol–water partition coefficient (Wildman–Crippen LogP) is 2.75. The van der Waals surface area contributed by atoms with Gasteiger partial charge in [0.1, 0.15) is 0 Å². The van der Waals surface area contributed by atoms with Crippen LogP contribution < -0.4 is 0 Å². The zero-order chi connectivity index (χ0) is 6.48. The van der Waals surface area contributed by atoms with E-state index in [1.165, 1.54) is 31.3 Å². The van der Waals surface area contributed by atoms with Crippen molar-refractivity contribution in [1.82, 2.24) is 0 Å². The third-order valence-corrected chi connectivity index (χ3v) is 3.23. The minimum atomic E-state index is 0.574. The SMILES string of the molecule is C=C1CC2CCC1(C)C2. The average molecular weight is 122 g/mol. The molecule has 2 saturated carbocycles. The van der Waals surface area contributed by atoms with Crippen molar-refractivity contribution in [3.63, 3.8) is 0 Å². The monoisotopic (exact) mass is 122 g/mol. The third-order valence-electron chi connectivity index (χ3n) is 3.23. The maximum absolute atomic E-state index is 4.11. The quantitative estimate of drug-likeness (QED) is 0.433. The lowest BCUT2D eigenvalue weighted by Crippen LogP contribution is -2.09. The van der Waals surface area contributed by atoms with Crippen molar-refractivity contribution in [2.45, 2.75) is 32.6 Å². The second-order valence-electron chi connectivity index (χ2n) is 3.98. The maximum atomic E-state index is 4.11. The number of hydrogen-bond acceptors (Lipinski definition) is 0. The fraction of sp³-hybridized carbons (Fsp3) is 0.778. The van der Waals surface area contributed by atoms with E-state index in [4.69, 9.17) is 0 Å². The highest BCUT2D eigenvalue weighted by Gasteiger charge is 2.43. The second-order valence-corrected chi connectivity index (χ2v) is 3.98. The van der Waals surface area contributed by atoms with Crippen molar-refractivity contribution in [2.75, 3.05) is 0 Å². The van der Waals surface area contributed by atoms with Crippen molar-refractivity contribution in [3.8, 4) is 0 Å². The lowest BCUT2D eigenvalue weighted by Gasteiger charge is -2.22. The Morgan fingerprint density at radius 3 is 2.67 bits per heavy atom. The first-order chi connectivity index (χ1) is 4.21. The number of rotatable bonds is 0. The molecule has 0 heteroatoms. The molecule has 0 nitrogen and oxygen atoms in total.